The Kier molecular flexibility index (Phi) is 5.12. The van der Waals surface area contributed by atoms with Crippen LogP contribution >= 0.6 is 0 Å². The molecule has 26 heavy (non-hydrogen) atoms. The van der Waals surface area contributed by atoms with Crippen LogP contribution in [0, 0.1) is 0 Å². The van der Waals surface area contributed by atoms with Gasteiger partial charge in [0, 0.05) is 65.5 Å². The highest BCUT2D eigenvalue weighted by molar-refractivity contribution is 6.00. The van der Waals surface area contributed by atoms with Crippen molar-refractivity contribution in [2.75, 3.05) is 13.6 Å². The summed E-state index contributed by atoms with van der Waals surface area (Å²) in [5.41, 5.74) is 10.6. The first-order valence-corrected chi connectivity index (χ1v) is 8.29. The molecule has 0 atom stereocenters. The molecular formula is C20H21N5O. The number of aliphatic imine (C=N–C) groups is 1. The SMILES string of the molecule is CN=C(C)C(=CN)CNC(=O)c1ccc(-c2nccc3[nH]ccc23)cc1. The second kappa shape index (κ2) is 7.65. The van der Waals surface area contributed by atoms with E-state index in [0.717, 1.165) is 33.4 Å². The second-order valence-corrected chi connectivity index (χ2v) is 5.86. The topological polar surface area (TPSA) is 96.2 Å². The standard InChI is InChI=1S/C20H21N5O/c1-13(22-2)16(11-21)12-25-20(26)15-5-3-14(4-6-15)19-17-7-9-23-18(17)8-10-24-19/h3-11,23H,12,21H2,1-2H3,(H,25,26). The van der Waals surface area contributed by atoms with E-state index in [1.807, 2.05) is 37.4 Å². The molecule has 3 aromatic rings. The van der Waals surface area contributed by atoms with Crippen LogP contribution < -0.4 is 11.1 Å². The summed E-state index contributed by atoms with van der Waals surface area (Å²) in [6.07, 6.45) is 5.13. The molecule has 0 aliphatic carbocycles. The number of pyridine rings is 1. The molecule has 0 spiro atoms. The van der Waals surface area contributed by atoms with E-state index in [0.29, 0.717) is 12.1 Å². The van der Waals surface area contributed by atoms with Crippen LogP contribution in [0.2, 0.25) is 0 Å². The number of aromatic nitrogens is 2. The second-order valence-electron chi connectivity index (χ2n) is 5.86. The van der Waals surface area contributed by atoms with Gasteiger partial charge in [0.05, 0.1) is 5.69 Å². The molecule has 6 heteroatoms. The number of fused-ring (bicyclic) bond motifs is 1. The van der Waals surface area contributed by atoms with Gasteiger partial charge in [0.2, 0.25) is 0 Å². The van der Waals surface area contributed by atoms with Gasteiger partial charge < -0.3 is 16.0 Å². The van der Waals surface area contributed by atoms with E-state index in [9.17, 15) is 4.79 Å². The Morgan fingerprint density at radius 1 is 1.27 bits per heavy atom. The number of hydrogen-bond donors (Lipinski definition) is 3. The van der Waals surface area contributed by atoms with E-state index in [1.54, 1.807) is 25.4 Å². The highest BCUT2D eigenvalue weighted by Gasteiger charge is 2.10. The van der Waals surface area contributed by atoms with Crippen molar-refractivity contribution < 1.29 is 4.79 Å². The highest BCUT2D eigenvalue weighted by Crippen LogP contribution is 2.25. The maximum Gasteiger partial charge on any atom is 0.251 e. The molecule has 1 aromatic carbocycles. The predicted molar refractivity (Wildman–Crippen MR) is 105 cm³/mol. The van der Waals surface area contributed by atoms with Gasteiger partial charge in [-0.15, -0.1) is 0 Å². The minimum Gasteiger partial charge on any atom is -0.404 e. The summed E-state index contributed by atoms with van der Waals surface area (Å²) >= 11 is 0. The number of aromatic amines is 1. The lowest BCUT2D eigenvalue weighted by Gasteiger charge is -2.09. The van der Waals surface area contributed by atoms with E-state index in [2.05, 4.69) is 20.3 Å². The number of nitrogens with zero attached hydrogens (tertiary/aromatic N) is 2. The number of amides is 1. The van der Waals surface area contributed by atoms with Gasteiger partial charge in [-0.2, -0.15) is 0 Å². The lowest BCUT2D eigenvalue weighted by molar-refractivity contribution is 0.0957. The van der Waals surface area contributed by atoms with Gasteiger partial charge >= 0.3 is 0 Å². The van der Waals surface area contributed by atoms with E-state index < -0.39 is 0 Å². The summed E-state index contributed by atoms with van der Waals surface area (Å²) in [7, 11) is 1.69. The number of carbonyl (C=O) groups excluding carboxylic acids is 1. The molecule has 132 valence electrons. The molecule has 0 bridgehead atoms. The Bertz CT molecular complexity index is 983. The third-order valence-electron chi connectivity index (χ3n) is 4.34. The summed E-state index contributed by atoms with van der Waals surface area (Å²) in [5.74, 6) is -0.160. The summed E-state index contributed by atoms with van der Waals surface area (Å²) in [6, 6.07) is 11.3. The Balaban J connectivity index is 1.75. The average molecular weight is 347 g/mol. The van der Waals surface area contributed by atoms with Gasteiger partial charge in [-0.05, 0) is 31.2 Å². The molecule has 0 fully saturated rings. The average Bonchev–Trinajstić information content (AvgIpc) is 3.17. The smallest absolute Gasteiger partial charge is 0.251 e. The van der Waals surface area contributed by atoms with Crippen LogP contribution in [0.25, 0.3) is 22.2 Å². The fraction of sp³-hybridized carbons (Fsp3) is 0.150. The molecule has 0 saturated heterocycles. The Labute approximate surface area is 151 Å². The normalized spacial score (nSPS) is 12.4. The molecule has 6 nitrogen and oxygen atoms in total. The number of benzene rings is 1. The van der Waals surface area contributed by atoms with Crippen LogP contribution in [0.4, 0.5) is 0 Å². The number of hydrogen-bond acceptors (Lipinski definition) is 4. The summed E-state index contributed by atoms with van der Waals surface area (Å²) in [4.78, 5) is 24.1. The van der Waals surface area contributed by atoms with Crippen molar-refractivity contribution in [2.45, 2.75) is 6.92 Å². The van der Waals surface area contributed by atoms with Crippen molar-refractivity contribution >= 4 is 22.5 Å². The molecular weight excluding hydrogens is 326 g/mol. The van der Waals surface area contributed by atoms with Crippen LogP contribution in [0.3, 0.4) is 0 Å². The third kappa shape index (κ3) is 3.49. The molecule has 2 heterocycles. The van der Waals surface area contributed by atoms with E-state index in [1.165, 1.54) is 6.20 Å². The number of H-pyrrole nitrogens is 1. The molecule has 0 radical (unpaired) electrons. The van der Waals surface area contributed by atoms with Crippen LogP contribution in [0.5, 0.6) is 0 Å². The largest absolute Gasteiger partial charge is 0.404 e. The van der Waals surface area contributed by atoms with Crippen LogP contribution in [-0.4, -0.2) is 35.2 Å². The minimum absolute atomic E-state index is 0.160. The molecule has 0 aliphatic rings. The van der Waals surface area contributed by atoms with Crippen molar-refractivity contribution in [2.24, 2.45) is 10.7 Å². The van der Waals surface area contributed by atoms with Gasteiger partial charge in [0.15, 0.2) is 0 Å². The Morgan fingerprint density at radius 3 is 2.73 bits per heavy atom. The lowest BCUT2D eigenvalue weighted by atomic mass is 10.1. The zero-order valence-corrected chi connectivity index (χ0v) is 14.8. The zero-order chi connectivity index (χ0) is 18.5. The number of carbonyl (C=O) groups is 1. The van der Waals surface area contributed by atoms with Gasteiger partial charge in [-0.1, -0.05) is 12.1 Å². The van der Waals surface area contributed by atoms with E-state index in [-0.39, 0.29) is 5.91 Å². The van der Waals surface area contributed by atoms with Gasteiger partial charge in [-0.3, -0.25) is 14.8 Å². The van der Waals surface area contributed by atoms with Crippen LogP contribution in [0.1, 0.15) is 17.3 Å². The molecule has 1 amide bonds. The summed E-state index contributed by atoms with van der Waals surface area (Å²) in [5, 5.41) is 3.91. The van der Waals surface area contributed by atoms with Crippen molar-refractivity contribution in [1.82, 2.24) is 15.3 Å². The molecule has 2 aromatic heterocycles. The molecule has 4 N–H and O–H groups in total. The summed E-state index contributed by atoms with van der Waals surface area (Å²) < 4.78 is 0. The van der Waals surface area contributed by atoms with Crippen molar-refractivity contribution in [1.29, 1.82) is 0 Å². The molecule has 0 aliphatic heterocycles. The highest BCUT2D eigenvalue weighted by atomic mass is 16.1. The first-order valence-electron chi connectivity index (χ1n) is 8.29. The number of rotatable bonds is 5. The fourth-order valence-corrected chi connectivity index (χ4v) is 2.72. The maximum atomic E-state index is 12.4. The Morgan fingerprint density at radius 2 is 2.04 bits per heavy atom. The zero-order valence-electron chi connectivity index (χ0n) is 14.8. The van der Waals surface area contributed by atoms with E-state index >= 15 is 0 Å². The maximum absolute atomic E-state index is 12.4. The number of nitrogens with two attached hydrogens (primary N) is 1. The molecule has 0 saturated carbocycles. The van der Waals surface area contributed by atoms with Crippen molar-refractivity contribution in [3.63, 3.8) is 0 Å². The van der Waals surface area contributed by atoms with Gasteiger partial charge in [0.25, 0.3) is 5.91 Å². The minimum atomic E-state index is -0.160. The lowest BCUT2D eigenvalue weighted by Crippen LogP contribution is -2.27. The van der Waals surface area contributed by atoms with E-state index in [4.69, 9.17) is 5.73 Å². The third-order valence-corrected chi connectivity index (χ3v) is 4.34. The monoisotopic (exact) mass is 347 g/mol. The first kappa shape index (κ1) is 17.4. The molecule has 3 rings (SSSR count). The van der Waals surface area contributed by atoms with Gasteiger partial charge in [-0.25, -0.2) is 0 Å². The van der Waals surface area contributed by atoms with Crippen molar-refractivity contribution in [3.8, 4) is 11.3 Å². The van der Waals surface area contributed by atoms with Crippen LogP contribution in [-0.2, 0) is 0 Å². The quantitative estimate of drug-likeness (QED) is 0.619. The Hall–Kier alpha value is -3.41. The summed E-state index contributed by atoms with van der Waals surface area (Å²) in [6.45, 7) is 2.19. The predicted octanol–water partition coefficient (Wildman–Crippen LogP) is 2.89. The van der Waals surface area contributed by atoms with Gasteiger partial charge in [0.1, 0.15) is 0 Å². The fourth-order valence-electron chi connectivity index (χ4n) is 2.72. The van der Waals surface area contributed by atoms with Crippen molar-refractivity contribution in [3.05, 3.63) is 66.1 Å². The van der Waals surface area contributed by atoms with Crippen LogP contribution in [0.15, 0.2) is 65.6 Å². The molecule has 0 unspecified atom stereocenters. The number of nitrogens with one attached hydrogen (secondary N) is 2. The first-order chi connectivity index (χ1) is 12.6.